The van der Waals surface area contributed by atoms with Crippen LogP contribution >= 0.6 is 0 Å². The number of carbonyl (C=O) groups is 1. The standard InChI is InChI=1S/C18H14NO4S/c1-13(20)19-18-16-10-6-5-7-14(16)11-12-17(18)24(21,22)23-15-8-3-2-4-9-15/h2-12H,1H2,(H,19,20). The van der Waals surface area contributed by atoms with Gasteiger partial charge in [-0.15, -0.1) is 0 Å². The van der Waals surface area contributed by atoms with Crippen LogP contribution < -0.4 is 9.50 Å². The summed E-state index contributed by atoms with van der Waals surface area (Å²) in [6, 6.07) is 18.4. The van der Waals surface area contributed by atoms with Gasteiger partial charge in [-0.1, -0.05) is 48.5 Å². The van der Waals surface area contributed by atoms with Crippen LogP contribution in [0.2, 0.25) is 0 Å². The molecule has 3 aromatic rings. The first-order valence-corrected chi connectivity index (χ1v) is 8.52. The van der Waals surface area contributed by atoms with Crippen LogP contribution in [0.3, 0.4) is 0 Å². The third kappa shape index (κ3) is 3.23. The average molecular weight is 340 g/mol. The van der Waals surface area contributed by atoms with Crippen molar-refractivity contribution < 1.29 is 17.4 Å². The molecule has 1 N–H and O–H groups in total. The zero-order chi connectivity index (χ0) is 17.2. The molecule has 0 atom stereocenters. The largest absolute Gasteiger partial charge is 0.379 e. The Morgan fingerprint density at radius 3 is 2.29 bits per heavy atom. The van der Waals surface area contributed by atoms with Gasteiger partial charge in [-0.3, -0.25) is 4.79 Å². The van der Waals surface area contributed by atoms with Gasteiger partial charge < -0.3 is 9.50 Å². The van der Waals surface area contributed by atoms with Crippen molar-refractivity contribution in [3.05, 3.63) is 73.7 Å². The summed E-state index contributed by atoms with van der Waals surface area (Å²) in [5.41, 5.74) is 0.157. The smallest absolute Gasteiger partial charge is 0.341 e. The molecule has 3 aromatic carbocycles. The molecule has 5 nitrogen and oxygen atoms in total. The van der Waals surface area contributed by atoms with E-state index >= 15 is 0 Å². The van der Waals surface area contributed by atoms with E-state index in [1.165, 1.54) is 18.2 Å². The van der Waals surface area contributed by atoms with Gasteiger partial charge in [0.2, 0.25) is 5.91 Å². The maximum absolute atomic E-state index is 12.7. The van der Waals surface area contributed by atoms with Gasteiger partial charge in [-0.25, -0.2) is 0 Å². The quantitative estimate of drug-likeness (QED) is 0.739. The molecular formula is C18H14NO4S. The van der Waals surface area contributed by atoms with Crippen molar-refractivity contribution in [2.45, 2.75) is 4.90 Å². The van der Waals surface area contributed by atoms with Crippen LogP contribution in [0.15, 0.2) is 71.6 Å². The number of benzene rings is 3. The summed E-state index contributed by atoms with van der Waals surface area (Å²) in [5.74, 6) is -0.417. The minimum absolute atomic E-state index is 0.123. The van der Waals surface area contributed by atoms with Crippen LogP contribution in [0.5, 0.6) is 5.75 Å². The molecule has 0 aromatic heterocycles. The highest BCUT2D eigenvalue weighted by Gasteiger charge is 2.23. The van der Waals surface area contributed by atoms with E-state index in [4.69, 9.17) is 4.18 Å². The number of para-hydroxylation sites is 1. The molecule has 1 radical (unpaired) electrons. The van der Waals surface area contributed by atoms with E-state index in [0.717, 1.165) is 5.39 Å². The van der Waals surface area contributed by atoms with Crippen molar-refractivity contribution >= 4 is 32.5 Å². The van der Waals surface area contributed by atoms with Gasteiger partial charge in [-0.2, -0.15) is 8.42 Å². The highest BCUT2D eigenvalue weighted by molar-refractivity contribution is 7.87. The van der Waals surface area contributed by atoms with E-state index in [0.29, 0.717) is 5.39 Å². The first-order chi connectivity index (χ1) is 11.5. The van der Waals surface area contributed by atoms with Gasteiger partial charge in [0.1, 0.15) is 10.6 Å². The number of hydrogen-bond donors (Lipinski definition) is 1. The van der Waals surface area contributed by atoms with Crippen LogP contribution in [0.1, 0.15) is 0 Å². The monoisotopic (exact) mass is 340 g/mol. The Bertz CT molecular complexity index is 998. The lowest BCUT2D eigenvalue weighted by molar-refractivity contribution is -0.112. The lowest BCUT2D eigenvalue weighted by atomic mass is 10.1. The fourth-order valence-electron chi connectivity index (χ4n) is 2.38. The Kier molecular flexibility index (Phi) is 4.22. The van der Waals surface area contributed by atoms with Gasteiger partial charge >= 0.3 is 10.1 Å². The normalized spacial score (nSPS) is 11.2. The summed E-state index contributed by atoms with van der Waals surface area (Å²) in [6.07, 6.45) is 0. The first-order valence-electron chi connectivity index (χ1n) is 7.11. The number of amides is 1. The topological polar surface area (TPSA) is 72.5 Å². The van der Waals surface area contributed by atoms with Gasteiger partial charge in [0.25, 0.3) is 0 Å². The molecule has 0 spiro atoms. The van der Waals surface area contributed by atoms with Gasteiger partial charge in [0.15, 0.2) is 0 Å². The molecule has 121 valence electrons. The van der Waals surface area contributed by atoms with Crippen LogP contribution in [0, 0.1) is 6.92 Å². The van der Waals surface area contributed by atoms with E-state index in [1.807, 2.05) is 12.1 Å². The molecule has 0 heterocycles. The van der Waals surface area contributed by atoms with Crippen molar-refractivity contribution in [3.8, 4) is 5.75 Å². The number of carbonyl (C=O) groups excluding carboxylic acids is 1. The fourth-order valence-corrected chi connectivity index (χ4v) is 3.48. The molecule has 0 aliphatic heterocycles. The van der Waals surface area contributed by atoms with E-state index < -0.39 is 16.0 Å². The van der Waals surface area contributed by atoms with Crippen molar-refractivity contribution in [3.63, 3.8) is 0 Å². The van der Waals surface area contributed by atoms with Crippen molar-refractivity contribution in [1.82, 2.24) is 0 Å². The summed E-state index contributed by atoms with van der Waals surface area (Å²) in [7, 11) is -4.12. The molecule has 24 heavy (non-hydrogen) atoms. The van der Waals surface area contributed by atoms with Crippen molar-refractivity contribution in [2.75, 3.05) is 5.32 Å². The molecule has 0 fully saturated rings. The Hall–Kier alpha value is -2.86. The van der Waals surface area contributed by atoms with E-state index in [9.17, 15) is 13.2 Å². The Morgan fingerprint density at radius 1 is 0.917 bits per heavy atom. The molecule has 1 amide bonds. The second kappa shape index (κ2) is 6.33. The van der Waals surface area contributed by atoms with Crippen LogP contribution in [-0.4, -0.2) is 14.3 Å². The molecule has 3 rings (SSSR count). The maximum Gasteiger partial charge on any atom is 0.341 e. The van der Waals surface area contributed by atoms with Crippen LogP contribution in [0.4, 0.5) is 5.69 Å². The predicted molar refractivity (Wildman–Crippen MR) is 92.2 cm³/mol. The average Bonchev–Trinajstić information content (AvgIpc) is 2.55. The number of anilines is 1. The highest BCUT2D eigenvalue weighted by Crippen LogP contribution is 2.32. The Balaban J connectivity index is 2.15. The van der Waals surface area contributed by atoms with Crippen LogP contribution in [0.25, 0.3) is 10.8 Å². The number of nitrogens with one attached hydrogen (secondary N) is 1. The van der Waals surface area contributed by atoms with Crippen molar-refractivity contribution in [2.24, 2.45) is 0 Å². The second-order valence-electron chi connectivity index (χ2n) is 5.06. The van der Waals surface area contributed by atoms with Crippen molar-refractivity contribution in [1.29, 1.82) is 0 Å². The fraction of sp³-hybridized carbons (Fsp3) is 0. The Morgan fingerprint density at radius 2 is 1.58 bits per heavy atom. The first kappa shape index (κ1) is 16.0. The molecule has 0 bridgehead atoms. The van der Waals surface area contributed by atoms with E-state index in [2.05, 4.69) is 12.2 Å². The molecule has 0 saturated heterocycles. The number of rotatable bonds is 4. The number of fused-ring (bicyclic) bond motifs is 1. The van der Waals surface area contributed by atoms with Crippen LogP contribution in [-0.2, 0) is 14.9 Å². The predicted octanol–water partition coefficient (Wildman–Crippen LogP) is 3.38. The van der Waals surface area contributed by atoms with E-state index in [-0.39, 0.29) is 16.3 Å². The van der Waals surface area contributed by atoms with Gasteiger partial charge in [0, 0.05) is 12.3 Å². The molecule has 0 unspecified atom stereocenters. The molecular weight excluding hydrogens is 326 g/mol. The zero-order valence-corrected chi connectivity index (χ0v) is 13.4. The number of hydrogen-bond acceptors (Lipinski definition) is 4. The molecule has 0 aliphatic rings. The molecule has 0 saturated carbocycles. The zero-order valence-electron chi connectivity index (χ0n) is 12.6. The third-order valence-corrected chi connectivity index (χ3v) is 4.66. The van der Waals surface area contributed by atoms with E-state index in [1.54, 1.807) is 36.4 Å². The second-order valence-corrected chi connectivity index (χ2v) is 6.57. The summed E-state index contributed by atoms with van der Waals surface area (Å²) >= 11 is 0. The molecule has 0 aliphatic carbocycles. The summed E-state index contributed by atoms with van der Waals surface area (Å²) < 4.78 is 30.5. The highest BCUT2D eigenvalue weighted by atomic mass is 32.2. The minimum Gasteiger partial charge on any atom is -0.379 e. The Labute approximate surface area is 140 Å². The summed E-state index contributed by atoms with van der Waals surface area (Å²) in [4.78, 5) is 11.3. The summed E-state index contributed by atoms with van der Waals surface area (Å²) in [5, 5.41) is 3.88. The minimum atomic E-state index is -4.12. The maximum atomic E-state index is 12.7. The lowest BCUT2D eigenvalue weighted by Gasteiger charge is -2.14. The third-order valence-electron chi connectivity index (χ3n) is 3.37. The lowest BCUT2D eigenvalue weighted by Crippen LogP contribution is -2.15. The molecule has 6 heteroatoms. The summed E-state index contributed by atoms with van der Waals surface area (Å²) in [6.45, 7) is 3.26. The van der Waals surface area contributed by atoms with Gasteiger partial charge in [-0.05, 0) is 23.6 Å². The SMILES string of the molecule is [CH2]C(=O)Nc1c(S(=O)(=O)Oc2ccccc2)ccc2ccccc12. The van der Waals surface area contributed by atoms with Gasteiger partial charge in [0.05, 0.1) is 5.69 Å².